The number of ketones is 1. The highest BCUT2D eigenvalue weighted by atomic mass is 19.1. The van der Waals surface area contributed by atoms with Crippen LogP contribution in [0.2, 0.25) is 0 Å². The first-order valence-corrected chi connectivity index (χ1v) is 6.56. The SMILES string of the molecule is Nc1ccc(C(=O)Cc2ccc3ccccc3n2)cc1F. The van der Waals surface area contributed by atoms with E-state index in [0.29, 0.717) is 11.3 Å². The number of rotatable bonds is 3. The van der Waals surface area contributed by atoms with Crippen molar-refractivity contribution in [1.82, 2.24) is 4.98 Å². The Labute approximate surface area is 121 Å². The molecule has 21 heavy (non-hydrogen) atoms. The number of fused-ring (bicyclic) bond motifs is 1. The zero-order valence-corrected chi connectivity index (χ0v) is 11.2. The average Bonchev–Trinajstić information content (AvgIpc) is 2.50. The van der Waals surface area contributed by atoms with Gasteiger partial charge in [-0.3, -0.25) is 9.78 Å². The third-order valence-electron chi connectivity index (χ3n) is 3.32. The molecule has 0 radical (unpaired) electrons. The molecule has 1 heterocycles. The number of halogens is 1. The van der Waals surface area contributed by atoms with Gasteiger partial charge < -0.3 is 5.73 Å². The molecule has 1 aromatic heterocycles. The van der Waals surface area contributed by atoms with E-state index in [1.54, 1.807) is 0 Å². The topological polar surface area (TPSA) is 56.0 Å². The summed E-state index contributed by atoms with van der Waals surface area (Å²) in [7, 11) is 0. The summed E-state index contributed by atoms with van der Waals surface area (Å²) in [5.74, 6) is -0.760. The number of pyridine rings is 1. The van der Waals surface area contributed by atoms with E-state index in [0.717, 1.165) is 10.9 Å². The van der Waals surface area contributed by atoms with E-state index in [2.05, 4.69) is 4.98 Å². The molecule has 0 fully saturated rings. The summed E-state index contributed by atoms with van der Waals surface area (Å²) in [6, 6.07) is 15.5. The maximum atomic E-state index is 13.4. The van der Waals surface area contributed by atoms with Crippen molar-refractivity contribution in [3.05, 3.63) is 71.7 Å². The van der Waals surface area contributed by atoms with Crippen LogP contribution in [0.5, 0.6) is 0 Å². The molecule has 4 heteroatoms. The van der Waals surface area contributed by atoms with Gasteiger partial charge in [-0.2, -0.15) is 0 Å². The summed E-state index contributed by atoms with van der Waals surface area (Å²) in [4.78, 5) is 16.6. The van der Waals surface area contributed by atoms with Gasteiger partial charge >= 0.3 is 0 Å². The van der Waals surface area contributed by atoms with Gasteiger partial charge in [-0.25, -0.2) is 4.39 Å². The number of carbonyl (C=O) groups excluding carboxylic acids is 1. The Morgan fingerprint density at radius 1 is 1.10 bits per heavy atom. The maximum absolute atomic E-state index is 13.4. The number of para-hydroxylation sites is 1. The van der Waals surface area contributed by atoms with Crippen LogP contribution >= 0.6 is 0 Å². The van der Waals surface area contributed by atoms with E-state index in [1.165, 1.54) is 18.2 Å². The van der Waals surface area contributed by atoms with Crippen LogP contribution in [-0.2, 0) is 6.42 Å². The Kier molecular flexibility index (Phi) is 3.36. The molecule has 3 rings (SSSR count). The quantitative estimate of drug-likeness (QED) is 0.591. The van der Waals surface area contributed by atoms with Crippen LogP contribution in [0.1, 0.15) is 16.1 Å². The van der Waals surface area contributed by atoms with Crippen LogP contribution in [0.15, 0.2) is 54.6 Å². The second-order valence-electron chi connectivity index (χ2n) is 4.83. The molecular formula is C17H13FN2O. The van der Waals surface area contributed by atoms with Gasteiger partial charge in [-0.05, 0) is 30.3 Å². The normalized spacial score (nSPS) is 10.7. The lowest BCUT2D eigenvalue weighted by Crippen LogP contribution is -2.06. The number of carbonyl (C=O) groups is 1. The number of nitrogens with zero attached hydrogens (tertiary/aromatic N) is 1. The Balaban J connectivity index is 1.87. The summed E-state index contributed by atoms with van der Waals surface area (Å²) in [5.41, 5.74) is 7.25. The van der Waals surface area contributed by atoms with Gasteiger partial charge in [0.25, 0.3) is 0 Å². The maximum Gasteiger partial charge on any atom is 0.168 e. The smallest absolute Gasteiger partial charge is 0.168 e. The van der Waals surface area contributed by atoms with Crippen molar-refractivity contribution in [2.24, 2.45) is 0 Å². The molecule has 0 saturated heterocycles. The van der Waals surface area contributed by atoms with Gasteiger partial charge in [-0.15, -0.1) is 0 Å². The van der Waals surface area contributed by atoms with Crippen LogP contribution in [0.25, 0.3) is 10.9 Å². The van der Waals surface area contributed by atoms with Crippen molar-refractivity contribution in [2.75, 3.05) is 5.73 Å². The molecule has 0 aliphatic heterocycles. The second-order valence-corrected chi connectivity index (χ2v) is 4.83. The largest absolute Gasteiger partial charge is 0.396 e. The Hall–Kier alpha value is -2.75. The van der Waals surface area contributed by atoms with Crippen LogP contribution < -0.4 is 5.73 Å². The molecule has 2 aromatic carbocycles. The summed E-state index contributed by atoms with van der Waals surface area (Å²) in [6.45, 7) is 0. The highest BCUT2D eigenvalue weighted by Gasteiger charge is 2.10. The highest BCUT2D eigenvalue weighted by Crippen LogP contribution is 2.16. The molecule has 0 unspecified atom stereocenters. The first-order valence-electron chi connectivity index (χ1n) is 6.56. The van der Waals surface area contributed by atoms with Crippen LogP contribution in [0, 0.1) is 5.82 Å². The number of anilines is 1. The number of aromatic nitrogens is 1. The second kappa shape index (κ2) is 5.32. The van der Waals surface area contributed by atoms with Gasteiger partial charge in [-0.1, -0.05) is 24.3 Å². The molecule has 3 aromatic rings. The minimum absolute atomic E-state index is 0.0374. The van der Waals surface area contributed by atoms with Crippen molar-refractivity contribution in [3.63, 3.8) is 0 Å². The number of benzene rings is 2. The lowest BCUT2D eigenvalue weighted by molar-refractivity contribution is 0.0991. The van der Waals surface area contributed by atoms with E-state index in [9.17, 15) is 9.18 Å². The van der Waals surface area contributed by atoms with E-state index in [1.807, 2.05) is 36.4 Å². The van der Waals surface area contributed by atoms with Crippen LogP contribution in [0.4, 0.5) is 10.1 Å². The average molecular weight is 280 g/mol. The lowest BCUT2D eigenvalue weighted by Gasteiger charge is -2.04. The molecule has 0 saturated carbocycles. The standard InChI is InChI=1S/C17H13FN2O/c18-14-9-12(6-8-15(14)19)17(21)10-13-7-5-11-3-1-2-4-16(11)20-13/h1-9H,10,19H2. The van der Waals surface area contributed by atoms with E-state index in [-0.39, 0.29) is 17.9 Å². The number of nitrogen functional groups attached to an aromatic ring is 1. The first kappa shape index (κ1) is 13.2. The van der Waals surface area contributed by atoms with E-state index in [4.69, 9.17) is 5.73 Å². The van der Waals surface area contributed by atoms with E-state index < -0.39 is 5.82 Å². The van der Waals surface area contributed by atoms with Gasteiger partial charge in [0.15, 0.2) is 5.78 Å². The third kappa shape index (κ3) is 2.74. The number of Topliss-reactive ketones (excluding diaryl/α,β-unsaturated/α-hetero) is 1. The zero-order valence-electron chi connectivity index (χ0n) is 11.2. The molecule has 0 spiro atoms. The monoisotopic (exact) mass is 280 g/mol. The van der Waals surface area contributed by atoms with Crippen molar-refractivity contribution < 1.29 is 9.18 Å². The van der Waals surface area contributed by atoms with Gasteiger partial charge in [0, 0.05) is 16.6 Å². The van der Waals surface area contributed by atoms with Crippen molar-refractivity contribution in [3.8, 4) is 0 Å². The predicted octanol–water partition coefficient (Wildman–Crippen LogP) is 3.38. The molecule has 0 aliphatic rings. The molecule has 104 valence electrons. The fourth-order valence-electron chi connectivity index (χ4n) is 2.17. The Bertz CT molecular complexity index is 830. The fourth-order valence-corrected chi connectivity index (χ4v) is 2.17. The Morgan fingerprint density at radius 3 is 2.71 bits per heavy atom. The Morgan fingerprint density at radius 2 is 1.90 bits per heavy atom. The third-order valence-corrected chi connectivity index (χ3v) is 3.32. The van der Waals surface area contributed by atoms with Gasteiger partial charge in [0.1, 0.15) is 5.82 Å². The fraction of sp³-hybridized carbons (Fsp3) is 0.0588. The number of hydrogen-bond donors (Lipinski definition) is 1. The number of nitrogens with two attached hydrogens (primary N) is 1. The van der Waals surface area contributed by atoms with Crippen molar-refractivity contribution >= 4 is 22.4 Å². The summed E-state index contributed by atoms with van der Waals surface area (Å²) < 4.78 is 13.4. The van der Waals surface area contributed by atoms with E-state index >= 15 is 0 Å². The summed E-state index contributed by atoms with van der Waals surface area (Å²) >= 11 is 0. The molecular weight excluding hydrogens is 267 g/mol. The van der Waals surface area contributed by atoms with Crippen LogP contribution in [-0.4, -0.2) is 10.8 Å². The molecule has 0 amide bonds. The summed E-state index contributed by atoms with van der Waals surface area (Å²) in [6.07, 6.45) is 0.133. The number of hydrogen-bond acceptors (Lipinski definition) is 3. The molecule has 3 nitrogen and oxygen atoms in total. The highest BCUT2D eigenvalue weighted by molar-refractivity contribution is 5.97. The minimum atomic E-state index is -0.577. The first-order chi connectivity index (χ1) is 10.1. The van der Waals surface area contributed by atoms with Crippen LogP contribution in [0.3, 0.4) is 0 Å². The van der Waals surface area contributed by atoms with Crippen molar-refractivity contribution in [1.29, 1.82) is 0 Å². The minimum Gasteiger partial charge on any atom is -0.396 e. The summed E-state index contributed by atoms with van der Waals surface area (Å²) in [5, 5.41) is 1.02. The molecule has 0 bridgehead atoms. The lowest BCUT2D eigenvalue weighted by atomic mass is 10.0. The van der Waals surface area contributed by atoms with Gasteiger partial charge in [0.2, 0.25) is 0 Å². The van der Waals surface area contributed by atoms with Crippen molar-refractivity contribution in [2.45, 2.75) is 6.42 Å². The van der Waals surface area contributed by atoms with Gasteiger partial charge in [0.05, 0.1) is 17.6 Å². The molecule has 0 aliphatic carbocycles. The zero-order chi connectivity index (χ0) is 14.8. The molecule has 2 N–H and O–H groups in total. The molecule has 0 atom stereocenters. The predicted molar refractivity (Wildman–Crippen MR) is 80.6 cm³/mol.